The molecule has 2 aromatic carbocycles. The first-order valence-electron chi connectivity index (χ1n) is 11.1. The monoisotopic (exact) mass is 464 g/mol. The van der Waals surface area contributed by atoms with Gasteiger partial charge in [0.2, 0.25) is 0 Å². The molecule has 3 rings (SSSR count). The summed E-state index contributed by atoms with van der Waals surface area (Å²) in [5.74, 6) is -2.20. The maximum Gasteiger partial charge on any atom is 0.320 e. The highest BCUT2D eigenvalue weighted by atomic mass is 16.6. The molecule has 0 saturated carbocycles. The molecule has 3 aromatic rings. The third-order valence-electron chi connectivity index (χ3n) is 5.28. The van der Waals surface area contributed by atoms with E-state index in [-0.39, 0.29) is 25.1 Å². The van der Waals surface area contributed by atoms with Gasteiger partial charge in [-0.3, -0.25) is 14.4 Å². The second-order valence-corrected chi connectivity index (χ2v) is 7.56. The van der Waals surface area contributed by atoms with Gasteiger partial charge in [-0.2, -0.15) is 0 Å². The molecule has 7 nitrogen and oxygen atoms in total. The van der Waals surface area contributed by atoms with Gasteiger partial charge in [-0.1, -0.05) is 36.4 Å². The van der Waals surface area contributed by atoms with E-state index in [2.05, 4.69) is 0 Å². The Balaban J connectivity index is 2.01. The second-order valence-electron chi connectivity index (χ2n) is 7.56. The third-order valence-corrected chi connectivity index (χ3v) is 5.28. The number of hydrogen-bond acceptors (Lipinski definition) is 7. The molecule has 0 fully saturated rings. The topological polar surface area (TPSA) is 92.0 Å². The third kappa shape index (κ3) is 6.13. The summed E-state index contributed by atoms with van der Waals surface area (Å²) in [5.41, 5.74) is 1.09. The van der Waals surface area contributed by atoms with Gasteiger partial charge in [0.15, 0.2) is 11.3 Å². The summed E-state index contributed by atoms with van der Waals surface area (Å²) >= 11 is 0. The van der Waals surface area contributed by atoms with Crippen LogP contribution in [0.2, 0.25) is 0 Å². The number of benzene rings is 2. The number of hydrogen-bond donors (Lipinski definition) is 0. The number of para-hydroxylation sites is 1. The number of allylic oxidation sites excluding steroid dienone is 1. The number of carbonyl (C=O) groups excluding carboxylic acids is 2. The van der Waals surface area contributed by atoms with Crippen LogP contribution in [0.1, 0.15) is 25.2 Å². The molecule has 1 atom stereocenters. The van der Waals surface area contributed by atoms with Crippen molar-refractivity contribution in [3.05, 3.63) is 82.2 Å². The normalized spacial score (nSPS) is 12.1. The molecule has 0 amide bonds. The molecule has 0 aliphatic carbocycles. The van der Waals surface area contributed by atoms with Crippen LogP contribution < -0.4 is 10.2 Å². The fourth-order valence-corrected chi connectivity index (χ4v) is 3.64. The first kappa shape index (κ1) is 24.8. The molecule has 7 heteroatoms. The minimum atomic E-state index is -1.22. The Bertz CT molecular complexity index is 1190. The molecular formula is C27H28O7. The zero-order valence-corrected chi connectivity index (χ0v) is 19.5. The van der Waals surface area contributed by atoms with Gasteiger partial charge < -0.3 is 18.6 Å². The van der Waals surface area contributed by atoms with Crippen molar-refractivity contribution in [2.24, 2.45) is 11.8 Å². The molecule has 1 aromatic heterocycles. The van der Waals surface area contributed by atoms with Crippen molar-refractivity contribution in [1.82, 2.24) is 0 Å². The van der Waals surface area contributed by atoms with E-state index in [1.165, 1.54) is 6.07 Å². The molecule has 0 spiro atoms. The summed E-state index contributed by atoms with van der Waals surface area (Å²) in [6.45, 7) is 3.58. The summed E-state index contributed by atoms with van der Waals surface area (Å²) in [5, 5.41) is 0.462. The molecule has 1 heterocycles. The standard InChI is InChI=1S/C27H28O7/c1-4-32-26(29)25(27(30)33-5-2)19(13-10-18-11-14-20(31-3)15-12-18)16-21-17-23(28)22-8-6-7-9-24(22)34-21/h6-15,17,19,25H,4-5,16H2,1-3H3/b13-10+. The lowest BCUT2D eigenvalue weighted by Gasteiger charge is -2.21. The Morgan fingerprint density at radius 3 is 2.24 bits per heavy atom. The van der Waals surface area contributed by atoms with Crippen LogP contribution in [0.25, 0.3) is 17.0 Å². The van der Waals surface area contributed by atoms with Crippen LogP contribution in [0.4, 0.5) is 0 Å². The molecule has 0 aliphatic rings. The fourth-order valence-electron chi connectivity index (χ4n) is 3.64. The zero-order valence-electron chi connectivity index (χ0n) is 19.5. The summed E-state index contributed by atoms with van der Waals surface area (Å²) in [6.07, 6.45) is 3.67. The first-order valence-corrected chi connectivity index (χ1v) is 11.1. The zero-order chi connectivity index (χ0) is 24.5. The van der Waals surface area contributed by atoms with Crippen molar-refractivity contribution < 1.29 is 28.2 Å². The van der Waals surface area contributed by atoms with E-state index < -0.39 is 23.8 Å². The van der Waals surface area contributed by atoms with Crippen LogP contribution in [0.15, 0.2) is 69.9 Å². The first-order chi connectivity index (χ1) is 16.5. The van der Waals surface area contributed by atoms with Gasteiger partial charge in [0.25, 0.3) is 0 Å². The number of esters is 2. The predicted octanol–water partition coefficient (Wildman–Crippen LogP) is 4.42. The molecule has 0 aliphatic heterocycles. The minimum Gasteiger partial charge on any atom is -0.497 e. The summed E-state index contributed by atoms with van der Waals surface area (Å²) in [7, 11) is 1.58. The van der Waals surface area contributed by atoms with Crippen LogP contribution in [0.3, 0.4) is 0 Å². The van der Waals surface area contributed by atoms with Gasteiger partial charge >= 0.3 is 11.9 Å². The minimum absolute atomic E-state index is 0.120. The summed E-state index contributed by atoms with van der Waals surface area (Å²) < 4.78 is 21.5. The molecule has 178 valence electrons. The van der Waals surface area contributed by atoms with E-state index in [1.54, 1.807) is 57.4 Å². The van der Waals surface area contributed by atoms with Crippen molar-refractivity contribution in [3.63, 3.8) is 0 Å². The molecule has 0 radical (unpaired) electrons. The Morgan fingerprint density at radius 1 is 0.971 bits per heavy atom. The lowest BCUT2D eigenvalue weighted by Crippen LogP contribution is -2.35. The van der Waals surface area contributed by atoms with Crippen LogP contribution in [0.5, 0.6) is 5.75 Å². The highest BCUT2D eigenvalue weighted by molar-refractivity contribution is 5.95. The van der Waals surface area contributed by atoms with Crippen molar-refractivity contribution in [1.29, 1.82) is 0 Å². The lowest BCUT2D eigenvalue weighted by atomic mass is 9.87. The average molecular weight is 465 g/mol. The highest BCUT2D eigenvalue weighted by Crippen LogP contribution is 2.25. The number of rotatable bonds is 10. The van der Waals surface area contributed by atoms with Crippen molar-refractivity contribution in [2.75, 3.05) is 20.3 Å². The van der Waals surface area contributed by atoms with Crippen molar-refractivity contribution >= 4 is 29.0 Å². The van der Waals surface area contributed by atoms with Crippen LogP contribution in [-0.2, 0) is 25.5 Å². The molecule has 0 bridgehead atoms. The SMILES string of the molecule is CCOC(=O)C(C(=O)OCC)C(/C=C/c1ccc(OC)cc1)Cc1cc(=O)c2ccccc2o1. The molecule has 1 unspecified atom stereocenters. The number of fused-ring (bicyclic) bond motifs is 1. The van der Waals surface area contributed by atoms with E-state index >= 15 is 0 Å². The molecule has 0 saturated heterocycles. The Kier molecular flexibility index (Phi) is 8.62. The number of ether oxygens (including phenoxy) is 3. The largest absolute Gasteiger partial charge is 0.497 e. The van der Waals surface area contributed by atoms with Gasteiger partial charge in [-0.25, -0.2) is 0 Å². The Labute approximate surface area is 197 Å². The quantitative estimate of drug-likeness (QED) is 0.324. The van der Waals surface area contributed by atoms with Gasteiger partial charge in [0.1, 0.15) is 17.1 Å². The van der Waals surface area contributed by atoms with E-state index in [9.17, 15) is 14.4 Å². The van der Waals surface area contributed by atoms with Crippen LogP contribution >= 0.6 is 0 Å². The van der Waals surface area contributed by atoms with E-state index in [0.717, 1.165) is 5.56 Å². The molecule has 0 N–H and O–H groups in total. The number of carbonyl (C=O) groups is 2. The summed E-state index contributed by atoms with van der Waals surface area (Å²) in [6, 6.07) is 15.6. The van der Waals surface area contributed by atoms with Crippen molar-refractivity contribution in [2.45, 2.75) is 20.3 Å². The smallest absolute Gasteiger partial charge is 0.320 e. The maximum absolute atomic E-state index is 12.8. The van der Waals surface area contributed by atoms with E-state index in [4.69, 9.17) is 18.6 Å². The fraction of sp³-hybridized carbons (Fsp3) is 0.296. The van der Waals surface area contributed by atoms with Gasteiger partial charge in [-0.15, -0.1) is 0 Å². The van der Waals surface area contributed by atoms with E-state index in [0.29, 0.717) is 22.5 Å². The van der Waals surface area contributed by atoms with E-state index in [1.807, 2.05) is 24.3 Å². The Hall–Kier alpha value is -3.87. The second kappa shape index (κ2) is 11.8. The maximum atomic E-state index is 12.8. The lowest BCUT2D eigenvalue weighted by molar-refractivity contribution is -0.163. The van der Waals surface area contributed by atoms with Crippen LogP contribution in [0, 0.1) is 11.8 Å². The van der Waals surface area contributed by atoms with Gasteiger partial charge in [0.05, 0.1) is 25.7 Å². The molecular weight excluding hydrogens is 436 g/mol. The van der Waals surface area contributed by atoms with Crippen molar-refractivity contribution in [3.8, 4) is 5.75 Å². The van der Waals surface area contributed by atoms with Gasteiger partial charge in [-0.05, 0) is 43.7 Å². The van der Waals surface area contributed by atoms with Gasteiger partial charge in [0, 0.05) is 18.4 Å². The average Bonchev–Trinajstić information content (AvgIpc) is 2.83. The molecule has 34 heavy (non-hydrogen) atoms. The van der Waals surface area contributed by atoms with Crippen LogP contribution in [-0.4, -0.2) is 32.3 Å². The highest BCUT2D eigenvalue weighted by Gasteiger charge is 2.37. The summed E-state index contributed by atoms with van der Waals surface area (Å²) in [4.78, 5) is 38.2. The Morgan fingerprint density at radius 2 is 1.62 bits per heavy atom. The number of methoxy groups -OCH3 is 1. The predicted molar refractivity (Wildman–Crippen MR) is 128 cm³/mol.